The van der Waals surface area contributed by atoms with Gasteiger partial charge in [0.05, 0.1) is 12.7 Å². The molecule has 1 atom stereocenters. The number of nitrogens with one attached hydrogen (secondary N) is 1. The predicted molar refractivity (Wildman–Crippen MR) is 85.3 cm³/mol. The van der Waals surface area contributed by atoms with Crippen LogP contribution in [0.1, 0.15) is 27.6 Å². The van der Waals surface area contributed by atoms with Crippen LogP contribution >= 0.6 is 11.6 Å². The zero-order valence-corrected chi connectivity index (χ0v) is 12.8. The number of morpholine rings is 1. The summed E-state index contributed by atoms with van der Waals surface area (Å²) in [6, 6.07) is 11.3. The Morgan fingerprint density at radius 3 is 2.82 bits per heavy atom. The molecule has 22 heavy (non-hydrogen) atoms. The minimum atomic E-state index is 0.0348. The number of ether oxygens (including phenoxy) is 1. The van der Waals surface area contributed by atoms with Crippen molar-refractivity contribution in [3.05, 3.63) is 64.4 Å². The third-order valence-corrected chi connectivity index (χ3v) is 3.90. The second kappa shape index (κ2) is 7.01. The molecular formula is C17H17ClN2O2. The van der Waals surface area contributed by atoms with Gasteiger partial charge in [0, 0.05) is 31.3 Å². The first-order valence-electron chi connectivity index (χ1n) is 7.28. The molecule has 1 aromatic heterocycles. The quantitative estimate of drug-likeness (QED) is 0.696. The number of ketones is 1. The smallest absolute Gasteiger partial charge is 0.167 e. The van der Waals surface area contributed by atoms with Gasteiger partial charge in [0.15, 0.2) is 5.78 Å². The molecule has 2 heterocycles. The van der Waals surface area contributed by atoms with Crippen LogP contribution in [0.15, 0.2) is 42.6 Å². The van der Waals surface area contributed by atoms with Gasteiger partial charge in [0.25, 0.3) is 0 Å². The van der Waals surface area contributed by atoms with Gasteiger partial charge in [0.1, 0.15) is 5.15 Å². The van der Waals surface area contributed by atoms with E-state index in [4.69, 9.17) is 16.3 Å². The zero-order valence-electron chi connectivity index (χ0n) is 12.1. The van der Waals surface area contributed by atoms with Gasteiger partial charge >= 0.3 is 0 Å². The topological polar surface area (TPSA) is 51.2 Å². The lowest BCUT2D eigenvalue weighted by Crippen LogP contribution is -2.33. The van der Waals surface area contributed by atoms with Gasteiger partial charge < -0.3 is 10.1 Å². The van der Waals surface area contributed by atoms with Crippen LogP contribution in [0, 0.1) is 0 Å². The van der Waals surface area contributed by atoms with Gasteiger partial charge in [-0.25, -0.2) is 4.98 Å². The number of rotatable bonds is 4. The Bertz CT molecular complexity index is 652. The van der Waals surface area contributed by atoms with Crippen molar-refractivity contribution in [1.82, 2.24) is 10.3 Å². The van der Waals surface area contributed by atoms with E-state index >= 15 is 0 Å². The molecule has 5 heteroatoms. The van der Waals surface area contributed by atoms with Crippen molar-refractivity contribution in [2.45, 2.75) is 12.5 Å². The minimum Gasteiger partial charge on any atom is -0.371 e. The zero-order chi connectivity index (χ0) is 15.4. The summed E-state index contributed by atoms with van der Waals surface area (Å²) in [6.07, 6.45) is 1.99. The summed E-state index contributed by atoms with van der Waals surface area (Å²) < 4.78 is 5.72. The molecule has 1 aliphatic rings. The molecule has 1 N–H and O–H groups in total. The summed E-state index contributed by atoms with van der Waals surface area (Å²) in [6.45, 7) is 2.46. The Balaban J connectivity index is 1.66. The molecular weight excluding hydrogens is 300 g/mol. The van der Waals surface area contributed by atoms with Crippen molar-refractivity contribution in [2.75, 3.05) is 19.7 Å². The first-order valence-corrected chi connectivity index (χ1v) is 7.66. The van der Waals surface area contributed by atoms with Crippen LogP contribution in [0.25, 0.3) is 0 Å². The monoisotopic (exact) mass is 316 g/mol. The second-order valence-electron chi connectivity index (χ2n) is 5.27. The van der Waals surface area contributed by atoms with Gasteiger partial charge in [-0.3, -0.25) is 4.79 Å². The highest BCUT2D eigenvalue weighted by atomic mass is 35.5. The van der Waals surface area contributed by atoms with Gasteiger partial charge in [-0.2, -0.15) is 0 Å². The third kappa shape index (κ3) is 3.71. The van der Waals surface area contributed by atoms with Gasteiger partial charge in [-0.05, 0) is 23.3 Å². The molecule has 0 bridgehead atoms. The van der Waals surface area contributed by atoms with Crippen molar-refractivity contribution in [1.29, 1.82) is 0 Å². The van der Waals surface area contributed by atoms with Crippen molar-refractivity contribution >= 4 is 17.4 Å². The van der Waals surface area contributed by atoms with E-state index in [1.807, 2.05) is 24.3 Å². The molecule has 1 aliphatic heterocycles. The van der Waals surface area contributed by atoms with E-state index in [-0.39, 0.29) is 11.9 Å². The third-order valence-electron chi connectivity index (χ3n) is 3.69. The van der Waals surface area contributed by atoms with Crippen LogP contribution in [0.5, 0.6) is 0 Å². The Hall–Kier alpha value is -1.75. The number of carbonyl (C=O) groups is 1. The summed E-state index contributed by atoms with van der Waals surface area (Å²) in [5.74, 6) is 0.0348. The van der Waals surface area contributed by atoms with Gasteiger partial charge in [-0.15, -0.1) is 0 Å². The Labute approximate surface area is 134 Å². The molecule has 1 aromatic carbocycles. The SMILES string of the molecule is O=C(Cc1ccc(C2CNCCO2)cc1)c1ccnc(Cl)c1. The first-order chi connectivity index (χ1) is 10.7. The lowest BCUT2D eigenvalue weighted by molar-refractivity contribution is 0.0277. The Morgan fingerprint density at radius 1 is 1.32 bits per heavy atom. The molecule has 2 aromatic rings. The average Bonchev–Trinajstić information content (AvgIpc) is 2.56. The molecule has 0 radical (unpaired) electrons. The Morgan fingerprint density at radius 2 is 2.14 bits per heavy atom. The van der Waals surface area contributed by atoms with Crippen LogP contribution in [-0.4, -0.2) is 30.5 Å². The molecule has 0 spiro atoms. The van der Waals surface area contributed by atoms with E-state index in [1.165, 1.54) is 0 Å². The number of Topliss-reactive ketones (excluding diaryl/α,β-unsaturated/α-hetero) is 1. The highest BCUT2D eigenvalue weighted by Crippen LogP contribution is 2.20. The van der Waals surface area contributed by atoms with E-state index in [2.05, 4.69) is 10.3 Å². The summed E-state index contributed by atoms with van der Waals surface area (Å²) in [5, 5.41) is 3.65. The predicted octanol–water partition coefficient (Wildman–Crippen LogP) is 2.82. The molecule has 0 amide bonds. The molecule has 3 rings (SSSR count). The van der Waals surface area contributed by atoms with Gasteiger partial charge in [-0.1, -0.05) is 35.9 Å². The van der Waals surface area contributed by atoms with E-state index in [0.29, 0.717) is 17.1 Å². The summed E-state index contributed by atoms with van der Waals surface area (Å²) >= 11 is 5.82. The van der Waals surface area contributed by atoms with E-state index in [9.17, 15) is 4.79 Å². The number of carbonyl (C=O) groups excluding carboxylic acids is 1. The molecule has 114 valence electrons. The highest BCUT2D eigenvalue weighted by molar-refractivity contribution is 6.29. The van der Waals surface area contributed by atoms with Crippen molar-refractivity contribution in [3.63, 3.8) is 0 Å². The average molecular weight is 317 g/mol. The standard InChI is InChI=1S/C17H17ClN2O2/c18-17-10-14(5-6-20-17)15(21)9-12-1-3-13(4-2-12)16-11-19-7-8-22-16/h1-6,10,16,19H,7-9,11H2. The van der Waals surface area contributed by atoms with Gasteiger partial charge in [0.2, 0.25) is 0 Å². The normalized spacial score (nSPS) is 18.1. The maximum atomic E-state index is 12.2. The molecule has 1 fully saturated rings. The van der Waals surface area contributed by atoms with Crippen molar-refractivity contribution in [3.8, 4) is 0 Å². The van der Waals surface area contributed by atoms with Crippen molar-refractivity contribution < 1.29 is 9.53 Å². The molecule has 1 saturated heterocycles. The van der Waals surface area contributed by atoms with Crippen LogP contribution in [0.4, 0.5) is 0 Å². The highest BCUT2D eigenvalue weighted by Gasteiger charge is 2.15. The van der Waals surface area contributed by atoms with Crippen LogP contribution in [0.3, 0.4) is 0 Å². The van der Waals surface area contributed by atoms with E-state index < -0.39 is 0 Å². The Kier molecular flexibility index (Phi) is 4.83. The fourth-order valence-electron chi connectivity index (χ4n) is 2.49. The fourth-order valence-corrected chi connectivity index (χ4v) is 2.67. The van der Waals surface area contributed by atoms with Crippen LogP contribution < -0.4 is 5.32 Å². The maximum Gasteiger partial charge on any atom is 0.167 e. The van der Waals surface area contributed by atoms with Crippen LogP contribution in [-0.2, 0) is 11.2 Å². The van der Waals surface area contributed by atoms with Crippen LogP contribution in [0.2, 0.25) is 5.15 Å². The summed E-state index contributed by atoms with van der Waals surface area (Å²) in [7, 11) is 0. The number of aromatic nitrogens is 1. The van der Waals surface area contributed by atoms with E-state index in [1.54, 1.807) is 18.3 Å². The number of halogens is 1. The molecule has 0 saturated carbocycles. The summed E-state index contributed by atoms with van der Waals surface area (Å²) in [4.78, 5) is 16.1. The number of pyridine rings is 1. The second-order valence-corrected chi connectivity index (χ2v) is 5.66. The number of hydrogen-bond acceptors (Lipinski definition) is 4. The van der Waals surface area contributed by atoms with E-state index in [0.717, 1.165) is 30.8 Å². The van der Waals surface area contributed by atoms with Crippen molar-refractivity contribution in [2.24, 2.45) is 0 Å². The lowest BCUT2D eigenvalue weighted by atomic mass is 10.0. The largest absolute Gasteiger partial charge is 0.371 e. The molecule has 0 aliphatic carbocycles. The number of benzene rings is 1. The first kappa shape index (κ1) is 15.2. The fraction of sp³-hybridized carbons (Fsp3) is 0.294. The number of nitrogens with zero attached hydrogens (tertiary/aromatic N) is 1. The number of hydrogen-bond donors (Lipinski definition) is 1. The molecule has 1 unspecified atom stereocenters. The maximum absolute atomic E-state index is 12.2. The lowest BCUT2D eigenvalue weighted by Gasteiger charge is -2.24. The summed E-state index contributed by atoms with van der Waals surface area (Å²) in [5.41, 5.74) is 2.70. The molecule has 4 nitrogen and oxygen atoms in total. The minimum absolute atomic E-state index is 0.0348.